The minimum Gasteiger partial charge on any atom is -0.460 e. The van der Waals surface area contributed by atoms with E-state index in [1.54, 1.807) is 12.1 Å². The Kier molecular flexibility index (Phi) is 3.09. The van der Waals surface area contributed by atoms with Gasteiger partial charge in [-0.05, 0) is 68.1 Å². The van der Waals surface area contributed by atoms with Crippen LogP contribution in [0, 0.1) is 23.1 Å². The molecule has 4 bridgehead atoms. The van der Waals surface area contributed by atoms with Gasteiger partial charge in [0, 0.05) is 0 Å². The molecular weight excluding hydrogens is 283 g/mol. The molecule has 1 N–H and O–H groups in total. The summed E-state index contributed by atoms with van der Waals surface area (Å²) in [4.78, 5) is 12.7. The molecule has 4 aliphatic carbocycles. The summed E-state index contributed by atoms with van der Waals surface area (Å²) in [6.07, 6.45) is 5.03. The Balaban J connectivity index is 1.48. The maximum Gasteiger partial charge on any atom is 0.312 e. The number of hydrogen-bond acceptors (Lipinski definition) is 3. The molecule has 2 unspecified atom stereocenters. The van der Waals surface area contributed by atoms with Gasteiger partial charge < -0.3 is 9.84 Å². The third-order valence-electron chi connectivity index (χ3n) is 5.72. The highest BCUT2D eigenvalue weighted by atomic mass is 19.1. The minimum atomic E-state index is -0.665. The summed E-state index contributed by atoms with van der Waals surface area (Å²) < 4.78 is 18.7. The molecule has 4 heteroatoms. The molecule has 22 heavy (non-hydrogen) atoms. The molecule has 0 aromatic heterocycles. The fourth-order valence-electron chi connectivity index (χ4n) is 5.38. The van der Waals surface area contributed by atoms with Crippen LogP contribution < -0.4 is 0 Å². The van der Waals surface area contributed by atoms with Gasteiger partial charge in [-0.15, -0.1) is 0 Å². The van der Waals surface area contributed by atoms with Crippen LogP contribution in [0.5, 0.6) is 0 Å². The number of carbonyl (C=O) groups is 1. The first-order valence-electron chi connectivity index (χ1n) is 8.11. The molecule has 4 saturated carbocycles. The Morgan fingerprint density at radius 2 is 2.00 bits per heavy atom. The zero-order valence-electron chi connectivity index (χ0n) is 12.6. The van der Waals surface area contributed by atoms with Crippen molar-refractivity contribution < 1.29 is 19.0 Å². The molecule has 118 valence electrons. The summed E-state index contributed by atoms with van der Waals surface area (Å²) in [7, 11) is 0. The van der Waals surface area contributed by atoms with Crippen molar-refractivity contribution in [2.24, 2.45) is 17.3 Å². The summed E-state index contributed by atoms with van der Waals surface area (Å²) in [5.74, 6) is 0.378. The average Bonchev–Trinajstić information content (AvgIpc) is 2.42. The van der Waals surface area contributed by atoms with Gasteiger partial charge in [0.2, 0.25) is 0 Å². The van der Waals surface area contributed by atoms with E-state index in [0.29, 0.717) is 23.8 Å². The van der Waals surface area contributed by atoms with Crippen LogP contribution in [-0.2, 0) is 16.1 Å². The molecule has 0 amide bonds. The van der Waals surface area contributed by atoms with E-state index in [-0.39, 0.29) is 18.4 Å². The molecule has 0 heterocycles. The molecule has 5 rings (SSSR count). The van der Waals surface area contributed by atoms with Gasteiger partial charge in [0.25, 0.3) is 0 Å². The summed E-state index contributed by atoms with van der Waals surface area (Å²) >= 11 is 0. The van der Waals surface area contributed by atoms with Crippen LogP contribution in [0.15, 0.2) is 24.3 Å². The second kappa shape index (κ2) is 4.79. The quantitative estimate of drug-likeness (QED) is 0.872. The lowest BCUT2D eigenvalue weighted by Gasteiger charge is -2.58. The molecular formula is C18H21FO3. The van der Waals surface area contributed by atoms with Crippen LogP contribution in [0.3, 0.4) is 0 Å². The first kappa shape index (κ1) is 14.2. The zero-order valence-corrected chi connectivity index (χ0v) is 12.6. The lowest BCUT2D eigenvalue weighted by Crippen LogP contribution is -2.58. The van der Waals surface area contributed by atoms with E-state index in [4.69, 9.17) is 4.74 Å². The number of rotatable bonds is 3. The van der Waals surface area contributed by atoms with E-state index in [1.807, 2.05) is 0 Å². The summed E-state index contributed by atoms with van der Waals surface area (Å²) in [5, 5.41) is 10.7. The van der Waals surface area contributed by atoms with E-state index >= 15 is 0 Å². The molecule has 1 aromatic carbocycles. The number of carbonyl (C=O) groups excluding carboxylic acids is 1. The van der Waals surface area contributed by atoms with Crippen LogP contribution in [-0.4, -0.2) is 16.7 Å². The van der Waals surface area contributed by atoms with Crippen molar-refractivity contribution in [3.8, 4) is 0 Å². The summed E-state index contributed by atoms with van der Waals surface area (Å²) in [6, 6.07) is 6.13. The Labute approximate surface area is 129 Å². The highest BCUT2D eigenvalue weighted by Gasteiger charge is 2.60. The van der Waals surface area contributed by atoms with Crippen LogP contribution in [0.25, 0.3) is 0 Å². The van der Waals surface area contributed by atoms with Gasteiger partial charge in [0.1, 0.15) is 12.4 Å². The average molecular weight is 304 g/mol. The molecule has 0 aliphatic heterocycles. The Bertz CT molecular complexity index is 598. The number of benzene rings is 1. The van der Waals surface area contributed by atoms with Crippen LogP contribution in [0.2, 0.25) is 0 Å². The van der Waals surface area contributed by atoms with Crippen LogP contribution >= 0.6 is 0 Å². The first-order chi connectivity index (χ1) is 10.5. The van der Waals surface area contributed by atoms with Crippen molar-refractivity contribution in [2.45, 2.75) is 50.7 Å². The van der Waals surface area contributed by atoms with Crippen LogP contribution in [0.4, 0.5) is 4.39 Å². The van der Waals surface area contributed by atoms with Gasteiger partial charge >= 0.3 is 5.97 Å². The first-order valence-corrected chi connectivity index (χ1v) is 8.11. The number of hydrogen-bond donors (Lipinski definition) is 1. The number of ether oxygens (including phenoxy) is 1. The predicted octanol–water partition coefficient (Wildman–Crippen LogP) is 3.20. The van der Waals surface area contributed by atoms with E-state index < -0.39 is 11.0 Å². The summed E-state index contributed by atoms with van der Waals surface area (Å²) in [6.45, 7) is 0.103. The maximum atomic E-state index is 13.2. The summed E-state index contributed by atoms with van der Waals surface area (Å²) in [5.41, 5.74) is -0.509. The third-order valence-corrected chi connectivity index (χ3v) is 5.72. The van der Waals surface area contributed by atoms with Gasteiger partial charge in [-0.2, -0.15) is 0 Å². The normalized spacial score (nSPS) is 39.0. The highest BCUT2D eigenvalue weighted by Crippen LogP contribution is 2.62. The van der Waals surface area contributed by atoms with E-state index in [9.17, 15) is 14.3 Å². The zero-order chi connectivity index (χ0) is 15.4. The number of aliphatic hydroxyl groups is 1. The molecule has 0 saturated heterocycles. The van der Waals surface area contributed by atoms with Gasteiger partial charge in [-0.3, -0.25) is 4.79 Å². The van der Waals surface area contributed by atoms with Gasteiger partial charge in [0.15, 0.2) is 0 Å². The van der Waals surface area contributed by atoms with Gasteiger partial charge in [-0.25, -0.2) is 4.39 Å². The Hall–Kier alpha value is -1.42. The molecule has 0 spiro atoms. The Morgan fingerprint density at radius 3 is 2.64 bits per heavy atom. The molecule has 4 atom stereocenters. The van der Waals surface area contributed by atoms with Crippen molar-refractivity contribution in [3.63, 3.8) is 0 Å². The Morgan fingerprint density at radius 1 is 1.27 bits per heavy atom. The van der Waals surface area contributed by atoms with Crippen molar-refractivity contribution in [3.05, 3.63) is 35.6 Å². The van der Waals surface area contributed by atoms with E-state index in [0.717, 1.165) is 32.1 Å². The fourth-order valence-corrected chi connectivity index (χ4v) is 5.38. The number of esters is 1. The minimum absolute atomic E-state index is 0.103. The highest BCUT2D eigenvalue weighted by molar-refractivity contribution is 5.77. The lowest BCUT2D eigenvalue weighted by molar-refractivity contribution is -0.197. The van der Waals surface area contributed by atoms with Crippen LogP contribution in [0.1, 0.15) is 44.1 Å². The van der Waals surface area contributed by atoms with Gasteiger partial charge in [-0.1, -0.05) is 12.1 Å². The third kappa shape index (κ3) is 2.34. The van der Waals surface area contributed by atoms with Gasteiger partial charge in [0.05, 0.1) is 11.0 Å². The predicted molar refractivity (Wildman–Crippen MR) is 78.3 cm³/mol. The largest absolute Gasteiger partial charge is 0.460 e. The molecule has 1 aromatic rings. The van der Waals surface area contributed by atoms with Crippen molar-refractivity contribution in [1.82, 2.24) is 0 Å². The van der Waals surface area contributed by atoms with Crippen molar-refractivity contribution >= 4 is 5.97 Å². The van der Waals surface area contributed by atoms with Crippen molar-refractivity contribution in [1.29, 1.82) is 0 Å². The second-order valence-electron chi connectivity index (χ2n) is 7.67. The topological polar surface area (TPSA) is 46.5 Å². The SMILES string of the molecule is O=C(OCc1cccc(F)c1)C12C[C@@H]3C[C@@H](CC(O)(C3)C1)C2. The lowest BCUT2D eigenvalue weighted by atomic mass is 9.48. The molecule has 0 radical (unpaired) electrons. The maximum absolute atomic E-state index is 13.2. The molecule has 4 fully saturated rings. The monoisotopic (exact) mass is 304 g/mol. The molecule has 3 nitrogen and oxygen atoms in total. The molecule has 4 aliphatic rings. The van der Waals surface area contributed by atoms with Crippen molar-refractivity contribution in [2.75, 3.05) is 0 Å². The van der Waals surface area contributed by atoms with E-state index in [1.165, 1.54) is 12.1 Å². The smallest absolute Gasteiger partial charge is 0.312 e. The number of halogens is 1. The standard InChI is InChI=1S/C18H21FO3/c19-15-3-1-2-12(5-15)10-22-16(20)17-6-13-4-14(7-17)9-18(21,8-13)11-17/h1-3,5,13-14,21H,4,6-11H2/t13-,14+,17?,18?. The van der Waals surface area contributed by atoms with E-state index in [2.05, 4.69) is 0 Å². The fraction of sp³-hybridized carbons (Fsp3) is 0.611. The second-order valence-corrected chi connectivity index (χ2v) is 7.67.